The monoisotopic (exact) mass is 168 g/mol. The Bertz CT molecular complexity index is 201. The van der Waals surface area contributed by atoms with Crippen LogP contribution in [-0.2, 0) is 4.74 Å². The van der Waals surface area contributed by atoms with Gasteiger partial charge in [0.1, 0.15) is 5.76 Å². The van der Waals surface area contributed by atoms with Crippen LogP contribution < -0.4 is 0 Å². The number of rotatable bonds is 4. The second-order valence-corrected chi connectivity index (χ2v) is 2.33. The van der Waals surface area contributed by atoms with Gasteiger partial charge in [-0.25, -0.2) is 0 Å². The number of ether oxygens (including phenoxy) is 1. The Hall–Kier alpha value is -0.995. The zero-order valence-electron chi connectivity index (χ0n) is 7.32. The Labute approximate surface area is 73.1 Å². The fourth-order valence-corrected chi connectivity index (χ4v) is 0.558. The van der Waals surface area contributed by atoms with E-state index in [2.05, 4.69) is 6.58 Å². The first-order valence-electron chi connectivity index (χ1n) is 3.59. The van der Waals surface area contributed by atoms with Gasteiger partial charge < -0.3 is 14.9 Å². The SMILES string of the molecule is BC(O)(O)O/C(C=C)=C/C=C\C. The molecule has 0 heterocycles. The maximum atomic E-state index is 8.84. The maximum Gasteiger partial charge on any atom is 0.266 e. The third-order valence-electron chi connectivity index (χ3n) is 0.965. The first-order chi connectivity index (χ1) is 5.49. The van der Waals surface area contributed by atoms with Crippen molar-refractivity contribution in [2.45, 2.75) is 12.8 Å². The summed E-state index contributed by atoms with van der Waals surface area (Å²) in [4.78, 5) is 0. The van der Waals surface area contributed by atoms with Crippen molar-refractivity contribution in [2.75, 3.05) is 0 Å². The smallest absolute Gasteiger partial charge is 0.266 e. The summed E-state index contributed by atoms with van der Waals surface area (Å²) < 4.78 is 4.69. The van der Waals surface area contributed by atoms with E-state index < -0.39 is 5.87 Å². The summed E-state index contributed by atoms with van der Waals surface area (Å²) in [6, 6.07) is 0. The largest absolute Gasteiger partial charge is 0.448 e. The summed E-state index contributed by atoms with van der Waals surface area (Å²) in [7, 11) is 1.12. The Morgan fingerprint density at radius 1 is 1.58 bits per heavy atom. The molecule has 0 aliphatic carbocycles. The quantitative estimate of drug-likeness (QED) is 0.266. The van der Waals surface area contributed by atoms with Crippen LogP contribution >= 0.6 is 0 Å². The van der Waals surface area contributed by atoms with Crippen LogP contribution in [0.15, 0.2) is 36.6 Å². The molecule has 0 unspecified atom stereocenters. The van der Waals surface area contributed by atoms with E-state index in [1.165, 1.54) is 6.08 Å². The zero-order chi connectivity index (χ0) is 9.61. The Kier molecular flexibility index (Phi) is 4.40. The minimum atomic E-state index is -2.15. The molecule has 0 bridgehead atoms. The molecule has 0 rings (SSSR count). The van der Waals surface area contributed by atoms with Gasteiger partial charge in [-0.05, 0) is 19.1 Å². The van der Waals surface area contributed by atoms with Gasteiger partial charge in [-0.1, -0.05) is 18.7 Å². The molecule has 0 aliphatic rings. The first kappa shape index (κ1) is 11.0. The molecule has 0 aromatic heterocycles. The van der Waals surface area contributed by atoms with Gasteiger partial charge in [0.15, 0.2) is 0 Å². The summed E-state index contributed by atoms with van der Waals surface area (Å²) in [5.74, 6) is -1.85. The first-order valence-corrected chi connectivity index (χ1v) is 3.59. The highest BCUT2D eigenvalue weighted by Gasteiger charge is 2.16. The molecular formula is C8H13BO3. The molecule has 3 nitrogen and oxygen atoms in total. The number of allylic oxidation sites excluding steroid dienone is 4. The lowest BCUT2D eigenvalue weighted by Gasteiger charge is -2.18. The van der Waals surface area contributed by atoms with Gasteiger partial charge in [-0.2, -0.15) is 0 Å². The van der Waals surface area contributed by atoms with E-state index >= 15 is 0 Å². The third kappa shape index (κ3) is 5.76. The summed E-state index contributed by atoms with van der Waals surface area (Å²) in [6.07, 6.45) is 6.48. The van der Waals surface area contributed by atoms with E-state index in [0.717, 1.165) is 7.85 Å². The molecular weight excluding hydrogens is 155 g/mol. The van der Waals surface area contributed by atoms with Gasteiger partial charge in [0, 0.05) is 0 Å². The standard InChI is InChI=1S/C8H13BO3/c1-3-5-6-7(4-2)12-8(9,10)11/h3-6,10-11H,2,9H2,1H3/b5-3-,7-6+. The zero-order valence-corrected chi connectivity index (χ0v) is 7.32. The molecule has 0 spiro atoms. The van der Waals surface area contributed by atoms with Crippen molar-refractivity contribution in [1.82, 2.24) is 0 Å². The fourth-order valence-electron chi connectivity index (χ4n) is 0.558. The molecule has 66 valence electrons. The molecule has 0 saturated carbocycles. The molecule has 0 radical (unpaired) electrons. The Balaban J connectivity index is 4.28. The Morgan fingerprint density at radius 2 is 2.17 bits per heavy atom. The average Bonchev–Trinajstić information content (AvgIpc) is 1.95. The summed E-state index contributed by atoms with van der Waals surface area (Å²) in [6.45, 7) is 5.29. The molecule has 0 aliphatic heterocycles. The van der Waals surface area contributed by atoms with Gasteiger partial charge in [-0.3, -0.25) is 0 Å². The third-order valence-corrected chi connectivity index (χ3v) is 0.965. The predicted molar refractivity (Wildman–Crippen MR) is 49.9 cm³/mol. The topological polar surface area (TPSA) is 49.7 Å². The van der Waals surface area contributed by atoms with E-state index in [1.807, 2.05) is 6.92 Å². The van der Waals surface area contributed by atoms with Crippen LogP contribution in [0.1, 0.15) is 6.92 Å². The van der Waals surface area contributed by atoms with E-state index in [4.69, 9.17) is 14.9 Å². The van der Waals surface area contributed by atoms with Crippen LogP contribution in [0.3, 0.4) is 0 Å². The minimum Gasteiger partial charge on any atom is -0.448 e. The Morgan fingerprint density at radius 3 is 2.50 bits per heavy atom. The van der Waals surface area contributed by atoms with Crippen LogP contribution in [0.4, 0.5) is 0 Å². The molecule has 0 atom stereocenters. The number of hydrogen-bond donors (Lipinski definition) is 2. The molecule has 2 N–H and O–H groups in total. The second kappa shape index (κ2) is 4.80. The van der Waals surface area contributed by atoms with Crippen molar-refractivity contribution >= 4 is 7.85 Å². The number of aliphatic hydroxyl groups is 2. The molecule has 12 heavy (non-hydrogen) atoms. The second-order valence-electron chi connectivity index (χ2n) is 2.33. The number of hydrogen-bond acceptors (Lipinski definition) is 3. The summed E-state index contributed by atoms with van der Waals surface area (Å²) in [5.41, 5.74) is 0. The van der Waals surface area contributed by atoms with E-state index in [-0.39, 0.29) is 0 Å². The highest BCUT2D eigenvalue weighted by atomic mass is 16.8. The van der Waals surface area contributed by atoms with Crippen molar-refractivity contribution < 1.29 is 14.9 Å². The predicted octanol–water partition coefficient (Wildman–Crippen LogP) is -0.122. The van der Waals surface area contributed by atoms with Crippen LogP contribution in [-0.4, -0.2) is 23.9 Å². The van der Waals surface area contributed by atoms with Gasteiger partial charge >= 0.3 is 0 Å². The lowest BCUT2D eigenvalue weighted by atomic mass is 10.1. The van der Waals surface area contributed by atoms with Crippen LogP contribution in [0, 0.1) is 0 Å². The molecule has 4 heteroatoms. The van der Waals surface area contributed by atoms with Gasteiger partial charge in [0.2, 0.25) is 7.85 Å². The van der Waals surface area contributed by atoms with E-state index in [0.29, 0.717) is 5.76 Å². The average molecular weight is 168 g/mol. The van der Waals surface area contributed by atoms with E-state index in [1.54, 1.807) is 18.2 Å². The lowest BCUT2D eigenvalue weighted by Crippen LogP contribution is -2.31. The van der Waals surface area contributed by atoms with Crippen molar-refractivity contribution in [3.8, 4) is 0 Å². The van der Waals surface area contributed by atoms with Crippen molar-refractivity contribution in [3.63, 3.8) is 0 Å². The fraction of sp³-hybridized carbons (Fsp3) is 0.250. The summed E-state index contributed by atoms with van der Waals surface area (Å²) in [5, 5.41) is 17.7. The highest BCUT2D eigenvalue weighted by Crippen LogP contribution is 2.06. The van der Waals surface area contributed by atoms with Gasteiger partial charge in [0.25, 0.3) is 5.87 Å². The highest BCUT2D eigenvalue weighted by molar-refractivity contribution is 6.11. The lowest BCUT2D eigenvalue weighted by molar-refractivity contribution is -0.252. The van der Waals surface area contributed by atoms with Crippen molar-refractivity contribution in [2.24, 2.45) is 0 Å². The van der Waals surface area contributed by atoms with Gasteiger partial charge in [-0.15, -0.1) is 0 Å². The molecule has 0 aromatic carbocycles. The van der Waals surface area contributed by atoms with E-state index in [9.17, 15) is 0 Å². The van der Waals surface area contributed by atoms with Crippen molar-refractivity contribution in [1.29, 1.82) is 0 Å². The normalized spacial score (nSPS) is 13.4. The van der Waals surface area contributed by atoms with Crippen LogP contribution in [0.5, 0.6) is 0 Å². The molecule has 0 fully saturated rings. The van der Waals surface area contributed by atoms with Crippen LogP contribution in [0.25, 0.3) is 0 Å². The molecule has 0 amide bonds. The molecule has 0 saturated heterocycles. The van der Waals surface area contributed by atoms with Crippen molar-refractivity contribution in [3.05, 3.63) is 36.6 Å². The maximum absolute atomic E-state index is 8.84. The van der Waals surface area contributed by atoms with Crippen LogP contribution in [0.2, 0.25) is 0 Å². The molecule has 0 aromatic rings. The summed E-state index contributed by atoms with van der Waals surface area (Å²) >= 11 is 0. The minimum absolute atomic E-state index is 0.306. The van der Waals surface area contributed by atoms with Gasteiger partial charge in [0.05, 0.1) is 0 Å².